The second-order valence-corrected chi connectivity index (χ2v) is 7.01. The molecule has 4 rings (SSSR count). The first-order valence-electron chi connectivity index (χ1n) is 9.76. The number of hydrogen-bond acceptors (Lipinski definition) is 4. The number of phenolic OH excluding ortho intramolecular Hbond substituents is 1. The number of nitrogens with one attached hydrogen (secondary N) is 1. The average molecular weight is 399 g/mol. The summed E-state index contributed by atoms with van der Waals surface area (Å²) in [6.07, 6.45) is 1.40. The van der Waals surface area contributed by atoms with Crippen molar-refractivity contribution in [2.45, 2.75) is 19.4 Å². The van der Waals surface area contributed by atoms with Gasteiger partial charge in [0.1, 0.15) is 5.75 Å². The number of aryl methyl sites for hydroxylation is 1. The van der Waals surface area contributed by atoms with Gasteiger partial charge in [0.15, 0.2) is 6.10 Å². The molecule has 0 radical (unpaired) electrons. The van der Waals surface area contributed by atoms with E-state index < -0.39 is 12.1 Å². The SMILES string of the molecule is CCc1cccc2c(C(=O)[C@@H](OC(=O)c3cccc(O)c3)c3ccccc3)c[nH]c12. The number of rotatable bonds is 6. The molecule has 0 aliphatic rings. The zero-order chi connectivity index (χ0) is 21.1. The molecule has 150 valence electrons. The minimum absolute atomic E-state index is 0.0456. The lowest BCUT2D eigenvalue weighted by Gasteiger charge is -2.17. The first-order valence-corrected chi connectivity index (χ1v) is 9.76. The Morgan fingerprint density at radius 2 is 1.77 bits per heavy atom. The standard InChI is InChI=1S/C25H21NO4/c1-2-16-10-7-13-20-21(15-26-22(16)20)23(28)24(17-8-4-3-5-9-17)30-25(29)18-11-6-12-19(27)14-18/h3-15,24,26-27H,2H2,1H3/t24-/m0/s1. The molecule has 0 aliphatic heterocycles. The van der Waals surface area contributed by atoms with Crippen molar-refractivity contribution in [3.63, 3.8) is 0 Å². The third-order valence-electron chi connectivity index (χ3n) is 5.10. The quantitative estimate of drug-likeness (QED) is 0.344. The van der Waals surface area contributed by atoms with Crippen LogP contribution in [0.3, 0.4) is 0 Å². The number of carbonyl (C=O) groups is 2. The smallest absolute Gasteiger partial charge is 0.339 e. The van der Waals surface area contributed by atoms with Crippen molar-refractivity contribution in [1.29, 1.82) is 0 Å². The number of Topliss-reactive ketones (excluding diaryl/α,β-unsaturated/α-hetero) is 1. The molecular formula is C25H21NO4. The summed E-state index contributed by atoms with van der Waals surface area (Å²) in [5.74, 6) is -1.04. The average Bonchev–Trinajstić information content (AvgIpc) is 3.22. The second-order valence-electron chi connectivity index (χ2n) is 7.01. The van der Waals surface area contributed by atoms with E-state index in [0.29, 0.717) is 11.1 Å². The van der Waals surface area contributed by atoms with E-state index in [1.807, 2.05) is 24.3 Å². The fourth-order valence-corrected chi connectivity index (χ4v) is 3.57. The lowest BCUT2D eigenvalue weighted by molar-refractivity contribution is 0.0280. The highest BCUT2D eigenvalue weighted by Gasteiger charge is 2.29. The third kappa shape index (κ3) is 3.70. The lowest BCUT2D eigenvalue weighted by atomic mass is 9.98. The summed E-state index contributed by atoms with van der Waals surface area (Å²) in [6, 6.07) is 20.6. The minimum Gasteiger partial charge on any atom is -0.508 e. The Hall–Kier alpha value is -3.86. The molecule has 0 fully saturated rings. The van der Waals surface area contributed by atoms with E-state index in [2.05, 4.69) is 11.9 Å². The first-order chi connectivity index (χ1) is 14.6. The van der Waals surface area contributed by atoms with Gasteiger partial charge in [-0.15, -0.1) is 0 Å². The fourth-order valence-electron chi connectivity index (χ4n) is 3.57. The maximum absolute atomic E-state index is 13.5. The van der Waals surface area contributed by atoms with Crippen molar-refractivity contribution in [3.8, 4) is 5.75 Å². The summed E-state index contributed by atoms with van der Waals surface area (Å²) in [5, 5.41) is 10.5. The van der Waals surface area contributed by atoms with Crippen molar-refractivity contribution in [2.24, 2.45) is 0 Å². The highest BCUT2D eigenvalue weighted by Crippen LogP contribution is 2.29. The summed E-state index contributed by atoms with van der Waals surface area (Å²) in [7, 11) is 0. The van der Waals surface area contributed by atoms with Crippen LogP contribution in [0.2, 0.25) is 0 Å². The van der Waals surface area contributed by atoms with Crippen LogP contribution < -0.4 is 0 Å². The molecule has 0 saturated heterocycles. The Bertz CT molecular complexity index is 1210. The Morgan fingerprint density at radius 3 is 2.50 bits per heavy atom. The molecule has 1 atom stereocenters. The molecule has 1 heterocycles. The number of benzene rings is 3. The molecule has 2 N–H and O–H groups in total. The van der Waals surface area contributed by atoms with Gasteiger partial charge in [-0.1, -0.05) is 61.5 Å². The Balaban J connectivity index is 1.73. The third-order valence-corrected chi connectivity index (χ3v) is 5.10. The van der Waals surface area contributed by atoms with Crippen LogP contribution in [0.4, 0.5) is 0 Å². The summed E-state index contributed by atoms with van der Waals surface area (Å²) < 4.78 is 5.66. The zero-order valence-corrected chi connectivity index (χ0v) is 16.5. The van der Waals surface area contributed by atoms with Gasteiger partial charge < -0.3 is 14.8 Å². The number of fused-ring (bicyclic) bond motifs is 1. The number of ketones is 1. The Labute approximate surface area is 173 Å². The van der Waals surface area contributed by atoms with Gasteiger partial charge in [0.05, 0.1) is 5.56 Å². The molecule has 4 aromatic rings. The summed E-state index contributed by atoms with van der Waals surface area (Å²) in [6.45, 7) is 2.06. The maximum Gasteiger partial charge on any atom is 0.339 e. The van der Waals surface area contributed by atoms with Gasteiger partial charge >= 0.3 is 5.97 Å². The van der Waals surface area contributed by atoms with E-state index in [0.717, 1.165) is 22.9 Å². The van der Waals surface area contributed by atoms with E-state index in [1.54, 1.807) is 36.5 Å². The molecule has 5 nitrogen and oxygen atoms in total. The van der Waals surface area contributed by atoms with E-state index in [9.17, 15) is 14.7 Å². The summed E-state index contributed by atoms with van der Waals surface area (Å²) >= 11 is 0. The largest absolute Gasteiger partial charge is 0.508 e. The Kier molecular flexibility index (Phi) is 5.35. The number of esters is 1. The number of aromatic hydroxyl groups is 1. The molecule has 0 unspecified atom stereocenters. The van der Waals surface area contributed by atoms with Gasteiger partial charge in [0.25, 0.3) is 0 Å². The predicted molar refractivity (Wildman–Crippen MR) is 115 cm³/mol. The Morgan fingerprint density at radius 1 is 1.00 bits per heavy atom. The van der Waals surface area contributed by atoms with Gasteiger partial charge in [-0.2, -0.15) is 0 Å². The molecule has 30 heavy (non-hydrogen) atoms. The maximum atomic E-state index is 13.5. The van der Waals surface area contributed by atoms with Crippen LogP contribution in [0.1, 0.15) is 44.9 Å². The van der Waals surface area contributed by atoms with Crippen LogP contribution in [0.25, 0.3) is 10.9 Å². The summed E-state index contributed by atoms with van der Waals surface area (Å²) in [4.78, 5) is 29.4. The van der Waals surface area contributed by atoms with Crippen LogP contribution in [-0.4, -0.2) is 21.8 Å². The van der Waals surface area contributed by atoms with Gasteiger partial charge in [0, 0.05) is 28.2 Å². The molecule has 0 bridgehead atoms. The van der Waals surface area contributed by atoms with E-state index >= 15 is 0 Å². The van der Waals surface area contributed by atoms with Gasteiger partial charge in [-0.3, -0.25) is 4.79 Å². The van der Waals surface area contributed by atoms with Crippen LogP contribution in [-0.2, 0) is 11.2 Å². The van der Waals surface area contributed by atoms with Crippen molar-refractivity contribution in [3.05, 3.63) is 101 Å². The number of para-hydroxylation sites is 1. The molecule has 5 heteroatoms. The molecule has 0 amide bonds. The van der Waals surface area contributed by atoms with Gasteiger partial charge in [-0.25, -0.2) is 4.79 Å². The van der Waals surface area contributed by atoms with Crippen molar-refractivity contribution in [2.75, 3.05) is 0 Å². The zero-order valence-electron chi connectivity index (χ0n) is 16.5. The highest BCUT2D eigenvalue weighted by molar-refractivity contribution is 6.11. The van der Waals surface area contributed by atoms with Crippen LogP contribution >= 0.6 is 0 Å². The van der Waals surface area contributed by atoms with Crippen molar-refractivity contribution >= 4 is 22.7 Å². The van der Waals surface area contributed by atoms with Crippen LogP contribution in [0, 0.1) is 0 Å². The number of aromatic amines is 1. The molecular weight excluding hydrogens is 378 g/mol. The molecule has 1 aromatic heterocycles. The first kappa shape index (κ1) is 19.5. The molecule has 3 aromatic carbocycles. The fraction of sp³-hybridized carbons (Fsp3) is 0.120. The number of phenols is 1. The molecule has 0 spiro atoms. The van der Waals surface area contributed by atoms with E-state index in [-0.39, 0.29) is 17.1 Å². The van der Waals surface area contributed by atoms with E-state index in [4.69, 9.17) is 4.74 Å². The number of H-pyrrole nitrogens is 1. The second kappa shape index (κ2) is 8.25. The van der Waals surface area contributed by atoms with Gasteiger partial charge in [-0.05, 0) is 30.2 Å². The number of aromatic nitrogens is 1. The van der Waals surface area contributed by atoms with Crippen LogP contribution in [0.15, 0.2) is 79.0 Å². The predicted octanol–water partition coefficient (Wildman–Crippen LogP) is 5.22. The van der Waals surface area contributed by atoms with E-state index in [1.165, 1.54) is 18.2 Å². The number of ether oxygens (including phenoxy) is 1. The van der Waals surface area contributed by atoms with Gasteiger partial charge in [0.2, 0.25) is 5.78 Å². The topological polar surface area (TPSA) is 79.4 Å². The number of hydrogen-bond donors (Lipinski definition) is 2. The summed E-state index contributed by atoms with van der Waals surface area (Å²) in [5.41, 5.74) is 3.25. The molecule has 0 saturated carbocycles. The monoisotopic (exact) mass is 399 g/mol. The van der Waals surface area contributed by atoms with Crippen molar-refractivity contribution in [1.82, 2.24) is 4.98 Å². The van der Waals surface area contributed by atoms with Crippen LogP contribution in [0.5, 0.6) is 5.75 Å². The lowest BCUT2D eigenvalue weighted by Crippen LogP contribution is -2.20. The molecule has 0 aliphatic carbocycles. The minimum atomic E-state index is -1.11. The number of carbonyl (C=O) groups excluding carboxylic acids is 2. The highest BCUT2D eigenvalue weighted by atomic mass is 16.5. The van der Waals surface area contributed by atoms with Crippen molar-refractivity contribution < 1.29 is 19.4 Å². The normalized spacial score (nSPS) is 11.9.